The van der Waals surface area contributed by atoms with Crippen LogP contribution in [0.15, 0.2) is 60.1 Å². The van der Waals surface area contributed by atoms with Crippen molar-refractivity contribution in [2.45, 2.75) is 43.7 Å². The zero-order valence-corrected chi connectivity index (χ0v) is 21.2. The Labute approximate surface area is 209 Å². The van der Waals surface area contributed by atoms with E-state index in [0.717, 1.165) is 48.0 Å². The highest BCUT2D eigenvalue weighted by molar-refractivity contribution is 7.99. The van der Waals surface area contributed by atoms with Crippen LogP contribution in [0.25, 0.3) is 16.6 Å². The molecule has 0 saturated carbocycles. The Bertz CT molecular complexity index is 1300. The molecule has 0 atom stereocenters. The Morgan fingerprint density at radius 1 is 1.17 bits per heavy atom. The van der Waals surface area contributed by atoms with E-state index in [0.29, 0.717) is 17.6 Å². The molecule has 0 unspecified atom stereocenters. The maximum absolute atomic E-state index is 13.0. The quantitative estimate of drug-likeness (QED) is 0.353. The Kier molecular flexibility index (Phi) is 6.81. The normalized spacial score (nSPS) is 14.7. The smallest absolute Gasteiger partial charge is 0.233 e. The third-order valence-electron chi connectivity index (χ3n) is 6.89. The van der Waals surface area contributed by atoms with Gasteiger partial charge < -0.3 is 14.6 Å². The van der Waals surface area contributed by atoms with Crippen LogP contribution in [0.4, 0.5) is 0 Å². The third kappa shape index (κ3) is 4.93. The number of nitrogens with one attached hydrogen (secondary N) is 1. The number of carbonyl (C=O) groups is 1. The number of methoxy groups -OCH3 is 1. The van der Waals surface area contributed by atoms with Crippen LogP contribution in [-0.2, 0) is 4.79 Å². The number of aromatic nitrogens is 4. The fourth-order valence-electron chi connectivity index (χ4n) is 4.76. The minimum atomic E-state index is 0.152. The average Bonchev–Trinajstić information content (AvgIpc) is 3.54. The van der Waals surface area contributed by atoms with Crippen LogP contribution in [0.5, 0.6) is 5.75 Å². The van der Waals surface area contributed by atoms with Crippen LogP contribution in [-0.4, -0.2) is 56.5 Å². The van der Waals surface area contributed by atoms with Gasteiger partial charge in [-0.1, -0.05) is 37.7 Å². The van der Waals surface area contributed by atoms with Gasteiger partial charge in [-0.3, -0.25) is 9.36 Å². The van der Waals surface area contributed by atoms with Gasteiger partial charge in [-0.15, -0.1) is 10.2 Å². The van der Waals surface area contributed by atoms with Crippen LogP contribution < -0.4 is 4.74 Å². The zero-order chi connectivity index (χ0) is 24.4. The second kappa shape index (κ2) is 10.2. The number of thioether (sulfide) groups is 1. The summed E-state index contributed by atoms with van der Waals surface area (Å²) in [6, 6.07) is 14.6. The molecule has 35 heavy (non-hydrogen) atoms. The molecule has 1 saturated heterocycles. The number of benzene rings is 2. The van der Waals surface area contributed by atoms with Gasteiger partial charge in [0.1, 0.15) is 12.1 Å². The topological polar surface area (TPSA) is 76.0 Å². The van der Waals surface area contributed by atoms with Gasteiger partial charge in [-0.05, 0) is 66.1 Å². The van der Waals surface area contributed by atoms with Crippen molar-refractivity contribution < 1.29 is 9.53 Å². The zero-order valence-electron chi connectivity index (χ0n) is 20.4. The van der Waals surface area contributed by atoms with Crippen LogP contribution in [0.3, 0.4) is 0 Å². The van der Waals surface area contributed by atoms with E-state index in [-0.39, 0.29) is 5.91 Å². The third-order valence-corrected chi connectivity index (χ3v) is 7.82. The molecule has 2 aromatic heterocycles. The molecule has 0 aliphatic carbocycles. The van der Waals surface area contributed by atoms with E-state index in [2.05, 4.69) is 71.6 Å². The van der Waals surface area contributed by atoms with Gasteiger partial charge in [-0.2, -0.15) is 0 Å². The highest BCUT2D eigenvalue weighted by Gasteiger charge is 2.26. The highest BCUT2D eigenvalue weighted by atomic mass is 32.2. The Hall–Kier alpha value is -3.26. The van der Waals surface area contributed by atoms with E-state index in [9.17, 15) is 4.79 Å². The summed E-state index contributed by atoms with van der Waals surface area (Å²) in [4.78, 5) is 18.3. The molecule has 8 heteroatoms. The number of aromatic amines is 1. The molecule has 5 rings (SSSR count). The summed E-state index contributed by atoms with van der Waals surface area (Å²) < 4.78 is 7.35. The van der Waals surface area contributed by atoms with Gasteiger partial charge in [0, 0.05) is 35.9 Å². The molecule has 1 aliphatic rings. The van der Waals surface area contributed by atoms with E-state index >= 15 is 0 Å². The molecule has 3 heterocycles. The molecule has 1 fully saturated rings. The van der Waals surface area contributed by atoms with Gasteiger partial charge in [0.05, 0.1) is 12.9 Å². The van der Waals surface area contributed by atoms with Crippen molar-refractivity contribution in [2.24, 2.45) is 0 Å². The molecule has 2 aromatic carbocycles. The number of carbonyl (C=O) groups excluding carboxylic acids is 1. The summed E-state index contributed by atoms with van der Waals surface area (Å²) in [5, 5.41) is 10.3. The number of H-pyrrole nitrogens is 1. The summed E-state index contributed by atoms with van der Waals surface area (Å²) in [5.74, 6) is 2.30. The maximum atomic E-state index is 13.0. The fourth-order valence-corrected chi connectivity index (χ4v) is 5.59. The number of nitrogens with zero attached hydrogens (tertiary/aromatic N) is 4. The van der Waals surface area contributed by atoms with Crippen molar-refractivity contribution in [3.05, 3.63) is 66.1 Å². The molecule has 0 radical (unpaired) electrons. The minimum Gasteiger partial charge on any atom is -0.497 e. The summed E-state index contributed by atoms with van der Waals surface area (Å²) in [5.41, 5.74) is 4.74. The van der Waals surface area contributed by atoms with Crippen molar-refractivity contribution in [3.8, 4) is 11.4 Å². The van der Waals surface area contributed by atoms with Crippen molar-refractivity contribution >= 4 is 28.6 Å². The maximum Gasteiger partial charge on any atom is 0.233 e. The highest BCUT2D eigenvalue weighted by Crippen LogP contribution is 2.35. The Balaban J connectivity index is 1.18. The lowest BCUT2D eigenvalue weighted by atomic mass is 9.89. The first-order chi connectivity index (χ1) is 17.0. The monoisotopic (exact) mass is 489 g/mol. The molecule has 0 bridgehead atoms. The fraction of sp³-hybridized carbons (Fsp3) is 0.370. The number of hydrogen-bond donors (Lipinski definition) is 1. The molecule has 7 nitrogen and oxygen atoms in total. The number of piperidine rings is 1. The predicted octanol–water partition coefficient (Wildman–Crippen LogP) is 5.38. The van der Waals surface area contributed by atoms with E-state index in [1.54, 1.807) is 13.4 Å². The van der Waals surface area contributed by atoms with Crippen molar-refractivity contribution in [1.29, 1.82) is 0 Å². The van der Waals surface area contributed by atoms with Gasteiger partial charge >= 0.3 is 0 Å². The van der Waals surface area contributed by atoms with Crippen LogP contribution in [0.1, 0.15) is 49.7 Å². The molecular weight excluding hydrogens is 458 g/mol. The number of ether oxygens (including phenoxy) is 1. The van der Waals surface area contributed by atoms with Gasteiger partial charge in [0.15, 0.2) is 5.16 Å². The SMILES string of the molecule is COc1ccc2[nH]cc(C3CCN(C(=O)CSc4nncn4-c4ccc(C(C)C)cc4)CC3)c2c1. The van der Waals surface area contributed by atoms with E-state index in [1.807, 2.05) is 15.5 Å². The first-order valence-electron chi connectivity index (χ1n) is 12.1. The van der Waals surface area contributed by atoms with Gasteiger partial charge in [0.25, 0.3) is 0 Å². The lowest BCUT2D eigenvalue weighted by Crippen LogP contribution is -2.38. The Morgan fingerprint density at radius 2 is 1.94 bits per heavy atom. The lowest BCUT2D eigenvalue weighted by molar-refractivity contribution is -0.129. The largest absolute Gasteiger partial charge is 0.497 e. The molecule has 0 spiro atoms. The van der Waals surface area contributed by atoms with Crippen molar-refractivity contribution in [3.63, 3.8) is 0 Å². The van der Waals surface area contributed by atoms with Gasteiger partial charge in [0.2, 0.25) is 5.91 Å². The van der Waals surface area contributed by atoms with Crippen LogP contribution in [0.2, 0.25) is 0 Å². The van der Waals surface area contributed by atoms with Crippen molar-refractivity contribution in [1.82, 2.24) is 24.6 Å². The van der Waals surface area contributed by atoms with E-state index in [1.165, 1.54) is 28.3 Å². The lowest BCUT2D eigenvalue weighted by Gasteiger charge is -2.32. The molecule has 1 aliphatic heterocycles. The molecule has 1 N–H and O–H groups in total. The predicted molar refractivity (Wildman–Crippen MR) is 140 cm³/mol. The molecular formula is C27H31N5O2S. The summed E-state index contributed by atoms with van der Waals surface area (Å²) in [6.45, 7) is 5.90. The summed E-state index contributed by atoms with van der Waals surface area (Å²) >= 11 is 1.44. The minimum absolute atomic E-state index is 0.152. The standard InChI is InChI=1S/C27H31N5O2S/c1-18(2)19-4-6-21(7-5-19)32-17-29-30-27(32)35-16-26(33)31-12-10-20(11-13-31)24-15-28-25-9-8-22(34-3)14-23(24)25/h4-9,14-15,17-18,20,28H,10-13,16H2,1-3H3. The summed E-state index contributed by atoms with van der Waals surface area (Å²) in [7, 11) is 1.69. The summed E-state index contributed by atoms with van der Waals surface area (Å²) in [6.07, 6.45) is 5.74. The number of rotatable bonds is 7. The molecule has 182 valence electrons. The first kappa shape index (κ1) is 23.5. The second-order valence-electron chi connectivity index (χ2n) is 9.33. The first-order valence-corrected chi connectivity index (χ1v) is 13.1. The van der Waals surface area contributed by atoms with Crippen molar-refractivity contribution in [2.75, 3.05) is 26.0 Å². The van der Waals surface area contributed by atoms with E-state index in [4.69, 9.17) is 4.74 Å². The van der Waals surface area contributed by atoms with Gasteiger partial charge in [-0.25, -0.2) is 0 Å². The average molecular weight is 490 g/mol. The van der Waals surface area contributed by atoms with Crippen LogP contribution >= 0.6 is 11.8 Å². The number of amides is 1. The molecule has 1 amide bonds. The number of fused-ring (bicyclic) bond motifs is 1. The Morgan fingerprint density at radius 3 is 2.66 bits per heavy atom. The van der Waals surface area contributed by atoms with E-state index < -0.39 is 0 Å². The molecule has 4 aromatic rings. The number of hydrogen-bond acceptors (Lipinski definition) is 5. The number of likely N-dealkylation sites (tertiary alicyclic amines) is 1. The second-order valence-corrected chi connectivity index (χ2v) is 10.3. The van der Waals surface area contributed by atoms with Crippen LogP contribution in [0, 0.1) is 0 Å².